The Balaban J connectivity index is 1.13. The second-order valence-electron chi connectivity index (χ2n) is 13.4. The van der Waals surface area contributed by atoms with E-state index in [0.29, 0.717) is 66.8 Å². The largest absolute Gasteiger partial charge is 0.457 e. The second kappa shape index (κ2) is 13.5. The molecule has 1 amide bonds. The van der Waals surface area contributed by atoms with Gasteiger partial charge >= 0.3 is 0 Å². The van der Waals surface area contributed by atoms with Crippen molar-refractivity contribution >= 4 is 22.8 Å². The van der Waals surface area contributed by atoms with E-state index in [9.17, 15) is 10.1 Å². The van der Waals surface area contributed by atoms with Gasteiger partial charge in [0, 0.05) is 62.5 Å². The lowest BCUT2D eigenvalue weighted by molar-refractivity contribution is -0.128. The van der Waals surface area contributed by atoms with Crippen molar-refractivity contribution in [2.24, 2.45) is 0 Å². The fourth-order valence-corrected chi connectivity index (χ4v) is 7.18. The van der Waals surface area contributed by atoms with Gasteiger partial charge in [0.1, 0.15) is 46.8 Å². The zero-order valence-electron chi connectivity index (χ0n) is 27.8. The van der Waals surface area contributed by atoms with Crippen LogP contribution in [-0.4, -0.2) is 104 Å². The number of piperazine rings is 1. The number of carbonyl (C=O) groups is 1. The van der Waals surface area contributed by atoms with Crippen LogP contribution in [0.5, 0.6) is 11.5 Å². The summed E-state index contributed by atoms with van der Waals surface area (Å²) in [6, 6.07) is 16.0. The molecule has 3 aliphatic rings. The van der Waals surface area contributed by atoms with Gasteiger partial charge in [-0.15, -0.1) is 0 Å². The number of rotatable bonds is 7. The first-order valence-electron chi connectivity index (χ1n) is 16.7. The Kier molecular flexibility index (Phi) is 9.02. The number of fused-ring (bicyclic) bond motifs is 2. The summed E-state index contributed by atoms with van der Waals surface area (Å²) in [5, 5.41) is 15.5. The van der Waals surface area contributed by atoms with Crippen molar-refractivity contribution < 1.29 is 18.7 Å². The molecule has 12 nitrogen and oxygen atoms in total. The first kappa shape index (κ1) is 32.6. The van der Waals surface area contributed by atoms with Gasteiger partial charge in [-0.3, -0.25) is 14.6 Å². The molecule has 7 rings (SSSR count). The normalized spacial score (nSPS) is 20.9. The van der Waals surface area contributed by atoms with Crippen molar-refractivity contribution in [3.8, 4) is 28.8 Å². The Morgan fingerprint density at radius 1 is 1.08 bits per heavy atom. The number of para-hydroxylation sites is 1. The van der Waals surface area contributed by atoms with Crippen LogP contribution in [0.3, 0.4) is 0 Å². The molecule has 3 aliphatic heterocycles. The summed E-state index contributed by atoms with van der Waals surface area (Å²) < 4.78 is 28.9. The number of piperidine rings is 1. The first-order chi connectivity index (χ1) is 23.7. The van der Waals surface area contributed by atoms with E-state index in [4.69, 9.17) is 20.3 Å². The van der Waals surface area contributed by atoms with E-state index in [-0.39, 0.29) is 28.9 Å². The van der Waals surface area contributed by atoms with Gasteiger partial charge in [0.2, 0.25) is 0 Å². The lowest BCUT2D eigenvalue weighted by Gasteiger charge is -2.48. The molecule has 5 heterocycles. The minimum Gasteiger partial charge on any atom is -0.457 e. The van der Waals surface area contributed by atoms with Gasteiger partial charge in [0.05, 0.1) is 24.6 Å². The molecule has 2 aromatic carbocycles. The highest BCUT2D eigenvalue weighted by molar-refractivity contribution is 5.99. The molecule has 0 aliphatic carbocycles. The number of carbonyl (C=O) groups excluding carboxylic acids is 1. The lowest BCUT2D eigenvalue weighted by atomic mass is 9.95. The summed E-state index contributed by atoms with van der Waals surface area (Å²) in [7, 11) is 0. The standard InChI is InChI=1S/C36H40FN9O3/c1-36(2,45-14-13-43-15-16-48-22-26(43)21-45)18-24(19-38)35(47)44-12-6-7-25(20-44)46-34-31(33(39)40-23-41-34)32(42-46)29-11-10-28(17-30(29)37)49-27-8-4-3-5-9-27/h3-5,8-11,17-18,23,25-26H,6-7,12-16,20-22H2,1-2H3,(H2,39,40,41)/b24-18-/t25-,26-/m1/s1. The summed E-state index contributed by atoms with van der Waals surface area (Å²) in [5.41, 5.74) is 6.93. The van der Waals surface area contributed by atoms with Gasteiger partial charge in [-0.05, 0) is 57.0 Å². The van der Waals surface area contributed by atoms with E-state index in [1.54, 1.807) is 33.8 Å². The molecule has 3 saturated heterocycles. The zero-order chi connectivity index (χ0) is 34.1. The predicted octanol–water partition coefficient (Wildman–Crippen LogP) is 4.42. The molecule has 2 N–H and O–H groups in total. The van der Waals surface area contributed by atoms with Crippen molar-refractivity contribution in [2.45, 2.75) is 44.3 Å². The minimum atomic E-state index is -0.535. The summed E-state index contributed by atoms with van der Waals surface area (Å²) in [4.78, 5) is 29.1. The Morgan fingerprint density at radius 2 is 1.92 bits per heavy atom. The number of morpholine rings is 1. The molecule has 0 unspecified atom stereocenters. The number of nitrogen functional groups attached to an aromatic ring is 1. The van der Waals surface area contributed by atoms with Crippen LogP contribution in [0.25, 0.3) is 22.3 Å². The topological polar surface area (TPSA) is 139 Å². The highest BCUT2D eigenvalue weighted by Gasteiger charge is 2.37. The SMILES string of the molecule is CC(C)(/C=C(/C#N)C(=O)N1CCC[C@@H](n2nc(-c3ccc(Oc4ccccc4)cc3F)c3c(N)ncnc32)C1)N1CCN2CCOC[C@H]2C1. The zero-order valence-corrected chi connectivity index (χ0v) is 27.8. The quantitative estimate of drug-likeness (QED) is 0.223. The van der Waals surface area contributed by atoms with Crippen molar-refractivity contribution in [1.29, 1.82) is 5.26 Å². The average Bonchev–Trinajstić information content (AvgIpc) is 3.51. The Morgan fingerprint density at radius 3 is 2.71 bits per heavy atom. The monoisotopic (exact) mass is 665 g/mol. The lowest BCUT2D eigenvalue weighted by Crippen LogP contribution is -2.61. The van der Waals surface area contributed by atoms with E-state index >= 15 is 4.39 Å². The number of aromatic nitrogens is 4. The molecule has 0 spiro atoms. The molecule has 0 radical (unpaired) electrons. The smallest absolute Gasteiger partial charge is 0.264 e. The molecule has 2 aromatic heterocycles. The number of anilines is 1. The number of hydrogen-bond donors (Lipinski definition) is 1. The second-order valence-corrected chi connectivity index (χ2v) is 13.4. The number of halogens is 1. The van der Waals surface area contributed by atoms with Crippen LogP contribution in [0.4, 0.5) is 10.2 Å². The Hall–Kier alpha value is -4.90. The third kappa shape index (κ3) is 6.59. The molecule has 0 saturated carbocycles. The molecule has 0 bridgehead atoms. The number of ether oxygens (including phenoxy) is 2. The fraction of sp³-hybridized carbons (Fsp3) is 0.417. The fourth-order valence-electron chi connectivity index (χ4n) is 7.18. The summed E-state index contributed by atoms with van der Waals surface area (Å²) in [6.07, 6.45) is 4.57. The van der Waals surface area contributed by atoms with Gasteiger partial charge in [-0.25, -0.2) is 19.0 Å². The molecule has 49 heavy (non-hydrogen) atoms. The third-order valence-electron chi connectivity index (χ3n) is 9.82. The number of nitrogens with zero attached hydrogens (tertiary/aromatic N) is 8. The van der Waals surface area contributed by atoms with Crippen LogP contribution in [-0.2, 0) is 9.53 Å². The van der Waals surface area contributed by atoms with Crippen LogP contribution in [0, 0.1) is 17.1 Å². The van der Waals surface area contributed by atoms with Crippen molar-refractivity contribution in [3.05, 3.63) is 72.3 Å². The number of benzene rings is 2. The van der Waals surface area contributed by atoms with Crippen molar-refractivity contribution in [1.82, 2.24) is 34.4 Å². The number of nitrogens with two attached hydrogens (primary N) is 1. The number of amides is 1. The van der Waals surface area contributed by atoms with Crippen LogP contribution in [0.2, 0.25) is 0 Å². The molecule has 254 valence electrons. The molecule has 3 fully saturated rings. The van der Waals surface area contributed by atoms with Gasteiger partial charge in [-0.2, -0.15) is 10.4 Å². The molecule has 13 heteroatoms. The maximum atomic E-state index is 15.7. The highest BCUT2D eigenvalue weighted by Crippen LogP contribution is 2.36. The van der Waals surface area contributed by atoms with E-state index in [2.05, 4.69) is 39.7 Å². The van der Waals surface area contributed by atoms with E-state index in [0.717, 1.165) is 32.8 Å². The number of hydrogen-bond acceptors (Lipinski definition) is 10. The Bertz CT molecular complexity index is 1920. The van der Waals surface area contributed by atoms with Crippen LogP contribution < -0.4 is 10.5 Å². The summed E-state index contributed by atoms with van der Waals surface area (Å²) >= 11 is 0. The van der Waals surface area contributed by atoms with Crippen molar-refractivity contribution in [3.63, 3.8) is 0 Å². The van der Waals surface area contributed by atoms with E-state index < -0.39 is 11.4 Å². The molecular formula is C36H40FN9O3. The summed E-state index contributed by atoms with van der Waals surface area (Å²) in [5.74, 6) is 0.264. The van der Waals surface area contributed by atoms with Gasteiger partial charge < -0.3 is 20.1 Å². The third-order valence-corrected chi connectivity index (χ3v) is 9.82. The van der Waals surface area contributed by atoms with Crippen LogP contribution in [0.1, 0.15) is 32.7 Å². The number of nitriles is 1. The summed E-state index contributed by atoms with van der Waals surface area (Å²) in [6.45, 7) is 9.89. The van der Waals surface area contributed by atoms with Crippen LogP contribution in [0.15, 0.2) is 66.5 Å². The van der Waals surface area contributed by atoms with Gasteiger partial charge in [0.25, 0.3) is 5.91 Å². The average molecular weight is 666 g/mol. The highest BCUT2D eigenvalue weighted by atomic mass is 19.1. The van der Waals surface area contributed by atoms with Gasteiger partial charge in [0.15, 0.2) is 5.65 Å². The van der Waals surface area contributed by atoms with Gasteiger partial charge in [-0.1, -0.05) is 18.2 Å². The maximum Gasteiger partial charge on any atom is 0.264 e. The Labute approximate surface area is 284 Å². The minimum absolute atomic E-state index is 0.116. The van der Waals surface area contributed by atoms with E-state index in [1.165, 1.54) is 12.4 Å². The molecule has 4 aromatic rings. The molecular weight excluding hydrogens is 625 g/mol. The molecule has 2 atom stereocenters. The maximum absolute atomic E-state index is 15.7. The predicted molar refractivity (Wildman–Crippen MR) is 182 cm³/mol. The first-order valence-corrected chi connectivity index (χ1v) is 16.7. The number of likely N-dealkylation sites (tertiary alicyclic amines) is 1. The van der Waals surface area contributed by atoms with Crippen molar-refractivity contribution in [2.75, 3.05) is 58.2 Å². The van der Waals surface area contributed by atoms with Crippen LogP contribution >= 0.6 is 0 Å². The van der Waals surface area contributed by atoms with E-state index in [1.807, 2.05) is 24.3 Å².